The Balaban J connectivity index is 2.00. The maximum absolute atomic E-state index is 13.3. The second-order valence-electron chi connectivity index (χ2n) is 6.01. The largest absolute Gasteiger partial charge is 0.417 e. The van der Waals surface area contributed by atoms with Crippen LogP contribution in [0.25, 0.3) is 0 Å². The molecule has 0 N–H and O–H groups in total. The molecule has 1 heterocycles. The topological polar surface area (TPSA) is 40.6 Å². The molecule has 0 unspecified atom stereocenters. The second-order valence-corrected chi connectivity index (χ2v) is 6.01. The van der Waals surface area contributed by atoms with E-state index in [2.05, 4.69) is 0 Å². The Hall–Kier alpha value is -2.83. The van der Waals surface area contributed by atoms with E-state index >= 15 is 0 Å². The third-order valence-electron chi connectivity index (χ3n) is 4.26. The summed E-state index contributed by atoms with van der Waals surface area (Å²) in [6, 6.07) is 13.1. The van der Waals surface area contributed by atoms with Crippen molar-refractivity contribution in [2.24, 2.45) is 0 Å². The molecular formula is C19H17F3N2O2. The van der Waals surface area contributed by atoms with Gasteiger partial charge in [-0.1, -0.05) is 30.3 Å². The summed E-state index contributed by atoms with van der Waals surface area (Å²) in [5, 5.41) is 0. The van der Waals surface area contributed by atoms with Gasteiger partial charge >= 0.3 is 6.18 Å². The van der Waals surface area contributed by atoms with Crippen LogP contribution in [-0.4, -0.2) is 29.9 Å². The first-order chi connectivity index (χ1) is 12.4. The molecule has 2 aromatic carbocycles. The third-order valence-corrected chi connectivity index (χ3v) is 4.26. The molecule has 7 heteroatoms. The summed E-state index contributed by atoms with van der Waals surface area (Å²) in [7, 11) is 0. The van der Waals surface area contributed by atoms with Crippen molar-refractivity contribution in [3.8, 4) is 0 Å². The van der Waals surface area contributed by atoms with Gasteiger partial charge in [-0.2, -0.15) is 13.2 Å². The van der Waals surface area contributed by atoms with Crippen LogP contribution in [0.5, 0.6) is 0 Å². The van der Waals surface area contributed by atoms with E-state index in [4.69, 9.17) is 0 Å². The first-order valence-corrected chi connectivity index (χ1v) is 8.19. The lowest BCUT2D eigenvalue weighted by molar-refractivity contribution is -0.138. The van der Waals surface area contributed by atoms with Crippen LogP contribution in [0.4, 0.5) is 18.9 Å². The van der Waals surface area contributed by atoms with Crippen LogP contribution in [0.15, 0.2) is 54.6 Å². The summed E-state index contributed by atoms with van der Waals surface area (Å²) in [5.41, 5.74) is -0.983. The van der Waals surface area contributed by atoms with Gasteiger partial charge in [0.2, 0.25) is 5.91 Å². The molecule has 0 aliphatic carbocycles. The summed E-state index contributed by atoms with van der Waals surface area (Å²) in [6.45, 7) is 0.407. The molecule has 1 aliphatic heterocycles. The van der Waals surface area contributed by atoms with Gasteiger partial charge in [-0.15, -0.1) is 0 Å². The van der Waals surface area contributed by atoms with Crippen molar-refractivity contribution in [2.75, 3.05) is 18.1 Å². The molecule has 2 amide bonds. The molecule has 1 saturated heterocycles. The molecule has 0 radical (unpaired) electrons. The van der Waals surface area contributed by atoms with E-state index in [9.17, 15) is 22.8 Å². The molecular weight excluding hydrogens is 345 g/mol. The highest BCUT2D eigenvalue weighted by molar-refractivity contribution is 6.07. The number of carbonyl (C=O) groups excluding carboxylic acids is 2. The van der Waals surface area contributed by atoms with Crippen LogP contribution in [0.2, 0.25) is 0 Å². The van der Waals surface area contributed by atoms with Crippen molar-refractivity contribution in [1.82, 2.24) is 4.90 Å². The highest BCUT2D eigenvalue weighted by atomic mass is 19.4. The van der Waals surface area contributed by atoms with E-state index in [-0.39, 0.29) is 12.6 Å². The van der Waals surface area contributed by atoms with E-state index in [1.54, 1.807) is 30.3 Å². The Morgan fingerprint density at radius 1 is 1.04 bits per heavy atom. The highest BCUT2D eigenvalue weighted by Crippen LogP contribution is 2.33. The van der Waals surface area contributed by atoms with Crippen LogP contribution < -0.4 is 4.90 Å². The van der Waals surface area contributed by atoms with Gasteiger partial charge in [0.1, 0.15) is 6.67 Å². The molecule has 1 fully saturated rings. The van der Waals surface area contributed by atoms with Gasteiger partial charge in [-0.05, 0) is 30.7 Å². The van der Waals surface area contributed by atoms with Gasteiger partial charge in [0.15, 0.2) is 0 Å². The van der Waals surface area contributed by atoms with Crippen molar-refractivity contribution in [3.05, 3.63) is 65.7 Å². The minimum atomic E-state index is -4.64. The molecule has 2 aromatic rings. The number of amides is 2. The van der Waals surface area contributed by atoms with E-state index in [1.807, 2.05) is 0 Å². The Bertz CT molecular complexity index is 806. The van der Waals surface area contributed by atoms with E-state index < -0.39 is 23.2 Å². The smallest absolute Gasteiger partial charge is 0.324 e. The molecule has 1 aliphatic rings. The monoisotopic (exact) mass is 362 g/mol. The van der Waals surface area contributed by atoms with Crippen LogP contribution in [0, 0.1) is 0 Å². The van der Waals surface area contributed by atoms with Crippen molar-refractivity contribution in [1.29, 1.82) is 0 Å². The number of likely N-dealkylation sites (tertiary alicyclic amines) is 1. The van der Waals surface area contributed by atoms with Gasteiger partial charge in [0.05, 0.1) is 11.1 Å². The Labute approximate surface area is 148 Å². The number of rotatable bonds is 4. The quantitative estimate of drug-likeness (QED) is 0.827. The predicted molar refractivity (Wildman–Crippen MR) is 90.5 cm³/mol. The minimum Gasteiger partial charge on any atom is -0.324 e. The van der Waals surface area contributed by atoms with Gasteiger partial charge < -0.3 is 4.90 Å². The number of para-hydroxylation sites is 1. The minimum absolute atomic E-state index is 0.0755. The highest BCUT2D eigenvalue weighted by Gasteiger charge is 2.36. The summed E-state index contributed by atoms with van der Waals surface area (Å²) in [5.74, 6) is -0.897. The first-order valence-electron chi connectivity index (χ1n) is 8.19. The molecule has 0 atom stereocenters. The number of hydrogen-bond acceptors (Lipinski definition) is 2. The second kappa shape index (κ2) is 7.19. The first kappa shape index (κ1) is 18.0. The lowest BCUT2D eigenvalue weighted by Gasteiger charge is -2.29. The van der Waals surface area contributed by atoms with E-state index in [0.29, 0.717) is 25.1 Å². The fourth-order valence-corrected chi connectivity index (χ4v) is 2.96. The van der Waals surface area contributed by atoms with Crippen LogP contribution >= 0.6 is 0 Å². The maximum atomic E-state index is 13.3. The van der Waals surface area contributed by atoms with E-state index in [0.717, 1.165) is 12.1 Å². The lowest BCUT2D eigenvalue weighted by atomic mass is 10.1. The van der Waals surface area contributed by atoms with Gasteiger partial charge in [0.25, 0.3) is 5.91 Å². The van der Waals surface area contributed by atoms with Gasteiger partial charge in [-0.25, -0.2) is 0 Å². The Morgan fingerprint density at radius 3 is 2.31 bits per heavy atom. The number of halogens is 3. The number of nitrogens with zero attached hydrogens (tertiary/aromatic N) is 2. The predicted octanol–water partition coefficient (Wildman–Crippen LogP) is 3.93. The zero-order chi connectivity index (χ0) is 18.7. The summed E-state index contributed by atoms with van der Waals surface area (Å²) in [6.07, 6.45) is -3.58. The average Bonchev–Trinajstić information content (AvgIpc) is 3.04. The number of carbonyl (C=O) groups is 2. The van der Waals surface area contributed by atoms with Crippen molar-refractivity contribution in [3.63, 3.8) is 0 Å². The lowest BCUT2D eigenvalue weighted by Crippen LogP contribution is -2.42. The van der Waals surface area contributed by atoms with Crippen LogP contribution in [0.1, 0.15) is 28.8 Å². The van der Waals surface area contributed by atoms with Crippen LogP contribution in [-0.2, 0) is 11.0 Å². The molecule has 26 heavy (non-hydrogen) atoms. The van der Waals surface area contributed by atoms with Crippen molar-refractivity contribution in [2.45, 2.75) is 19.0 Å². The Kier molecular flexibility index (Phi) is 4.97. The maximum Gasteiger partial charge on any atom is 0.417 e. The molecule has 0 spiro atoms. The molecule has 4 nitrogen and oxygen atoms in total. The van der Waals surface area contributed by atoms with Crippen molar-refractivity contribution >= 4 is 17.5 Å². The van der Waals surface area contributed by atoms with E-state index in [1.165, 1.54) is 21.9 Å². The average molecular weight is 362 g/mol. The normalized spacial score (nSPS) is 14.6. The number of alkyl halides is 3. The summed E-state index contributed by atoms with van der Waals surface area (Å²) in [4.78, 5) is 27.6. The van der Waals surface area contributed by atoms with Crippen molar-refractivity contribution < 1.29 is 22.8 Å². The molecule has 0 aromatic heterocycles. The molecule has 0 bridgehead atoms. The standard InChI is InChI=1S/C19H17F3N2O2/c20-19(21,22)16-10-5-4-9-15(16)18(26)24(14-7-2-1-3-8-14)13-23-12-6-11-17(23)25/h1-5,7-10H,6,11-13H2. The molecule has 3 rings (SSSR count). The number of benzene rings is 2. The van der Waals surface area contributed by atoms with Gasteiger partial charge in [-0.3, -0.25) is 14.5 Å². The fraction of sp³-hybridized carbons (Fsp3) is 0.263. The SMILES string of the molecule is O=C1CCCN1CN(C(=O)c1ccccc1C(F)(F)F)c1ccccc1. The Morgan fingerprint density at radius 2 is 1.69 bits per heavy atom. The fourth-order valence-electron chi connectivity index (χ4n) is 2.96. The summed E-state index contributed by atoms with van der Waals surface area (Å²) < 4.78 is 39.9. The number of anilines is 1. The number of hydrogen-bond donors (Lipinski definition) is 0. The van der Waals surface area contributed by atoms with Gasteiger partial charge in [0, 0.05) is 18.7 Å². The van der Waals surface area contributed by atoms with Crippen LogP contribution in [0.3, 0.4) is 0 Å². The zero-order valence-electron chi connectivity index (χ0n) is 13.9. The molecule has 136 valence electrons. The molecule has 0 saturated carbocycles. The zero-order valence-corrected chi connectivity index (χ0v) is 13.9. The third kappa shape index (κ3) is 3.71. The summed E-state index contributed by atoms with van der Waals surface area (Å²) >= 11 is 0.